The maximum Gasteiger partial charge on any atom is 0.343 e. The van der Waals surface area contributed by atoms with Crippen LogP contribution >= 0.6 is 11.3 Å². The molecular weight excluding hydrogens is 302 g/mol. The molecule has 1 unspecified atom stereocenters. The van der Waals surface area contributed by atoms with Crippen LogP contribution in [-0.2, 0) is 24.2 Å². The van der Waals surface area contributed by atoms with Crippen LogP contribution in [0.3, 0.4) is 0 Å². The van der Waals surface area contributed by atoms with Gasteiger partial charge >= 0.3 is 5.69 Å². The van der Waals surface area contributed by atoms with Gasteiger partial charge in [0.15, 0.2) is 0 Å². The number of aryl methyl sites for hydroxylation is 1. The first-order chi connectivity index (χ1) is 10.7. The second-order valence-corrected chi connectivity index (χ2v) is 6.36. The highest BCUT2D eigenvalue weighted by molar-refractivity contribution is 7.09. The Morgan fingerprint density at radius 2 is 2.45 bits per heavy atom. The lowest BCUT2D eigenvalue weighted by atomic mass is 9.97. The number of H-pyrrole nitrogens is 1. The van der Waals surface area contributed by atoms with Crippen LogP contribution in [0, 0.1) is 5.92 Å². The average molecular weight is 321 g/mol. The van der Waals surface area contributed by atoms with E-state index in [-0.39, 0.29) is 17.5 Å². The standard InChI is InChI=1S/C14H19N5O2S/c1-2-18(7-5-12-15-6-8-22-12)13(20)10-3-4-11-16-17-14(21)19(11)9-10/h6,8,10H,2-5,7,9H2,1H3,(H,17,21). The van der Waals surface area contributed by atoms with E-state index in [9.17, 15) is 9.59 Å². The van der Waals surface area contributed by atoms with Crippen molar-refractivity contribution in [2.45, 2.75) is 32.7 Å². The normalized spacial score (nSPS) is 17.2. The molecule has 0 aromatic carbocycles. The van der Waals surface area contributed by atoms with Gasteiger partial charge in [0.25, 0.3) is 0 Å². The van der Waals surface area contributed by atoms with Gasteiger partial charge in [-0.1, -0.05) is 0 Å². The van der Waals surface area contributed by atoms with Crippen molar-refractivity contribution in [3.05, 3.63) is 32.9 Å². The SMILES string of the molecule is CCN(CCc1nccs1)C(=O)C1CCc2n[nH]c(=O)n2C1. The monoisotopic (exact) mass is 321 g/mol. The van der Waals surface area contributed by atoms with Crippen LogP contribution < -0.4 is 5.69 Å². The molecule has 0 bridgehead atoms. The number of thiazole rings is 1. The van der Waals surface area contributed by atoms with Gasteiger partial charge in [0.2, 0.25) is 5.91 Å². The van der Waals surface area contributed by atoms with Crippen LogP contribution in [0.25, 0.3) is 0 Å². The molecule has 0 spiro atoms. The van der Waals surface area contributed by atoms with Crippen molar-refractivity contribution in [2.75, 3.05) is 13.1 Å². The van der Waals surface area contributed by atoms with Crippen LogP contribution in [-0.4, -0.2) is 43.6 Å². The highest BCUT2D eigenvalue weighted by Crippen LogP contribution is 2.19. The van der Waals surface area contributed by atoms with Crippen LogP contribution in [0.1, 0.15) is 24.2 Å². The van der Waals surface area contributed by atoms with Gasteiger partial charge in [0.1, 0.15) is 5.82 Å². The lowest BCUT2D eigenvalue weighted by molar-refractivity contribution is -0.136. The first kappa shape index (κ1) is 15.0. The summed E-state index contributed by atoms with van der Waals surface area (Å²) >= 11 is 1.61. The van der Waals surface area contributed by atoms with Crippen molar-refractivity contribution < 1.29 is 4.79 Å². The molecule has 1 amide bonds. The Morgan fingerprint density at radius 3 is 3.18 bits per heavy atom. The van der Waals surface area contributed by atoms with Crippen molar-refractivity contribution >= 4 is 17.2 Å². The molecule has 1 aliphatic heterocycles. The number of rotatable bonds is 5. The summed E-state index contributed by atoms with van der Waals surface area (Å²) in [5, 5.41) is 9.42. The molecule has 0 aliphatic carbocycles. The number of fused-ring (bicyclic) bond motifs is 1. The van der Waals surface area contributed by atoms with Gasteiger partial charge in [-0.3, -0.25) is 9.36 Å². The van der Waals surface area contributed by atoms with Gasteiger partial charge in [0.05, 0.1) is 10.9 Å². The zero-order valence-corrected chi connectivity index (χ0v) is 13.3. The number of carbonyl (C=O) groups is 1. The molecule has 0 fully saturated rings. The average Bonchev–Trinajstić information content (AvgIpc) is 3.18. The van der Waals surface area contributed by atoms with Crippen LogP contribution in [0.2, 0.25) is 0 Å². The Kier molecular flexibility index (Phi) is 4.37. The van der Waals surface area contributed by atoms with Gasteiger partial charge < -0.3 is 4.90 Å². The Hall–Kier alpha value is -1.96. The number of hydrogen-bond donors (Lipinski definition) is 1. The molecule has 2 aromatic heterocycles. The molecular formula is C14H19N5O2S. The molecule has 2 aromatic rings. The van der Waals surface area contributed by atoms with Gasteiger partial charge in [-0.15, -0.1) is 11.3 Å². The fourth-order valence-corrected chi connectivity index (χ4v) is 3.45. The highest BCUT2D eigenvalue weighted by atomic mass is 32.1. The number of amides is 1. The first-order valence-corrected chi connectivity index (χ1v) is 8.38. The van der Waals surface area contributed by atoms with E-state index >= 15 is 0 Å². The van der Waals surface area contributed by atoms with Crippen molar-refractivity contribution in [3.63, 3.8) is 0 Å². The van der Waals surface area contributed by atoms with Gasteiger partial charge in [-0.2, -0.15) is 5.10 Å². The van der Waals surface area contributed by atoms with Crippen LogP contribution in [0.5, 0.6) is 0 Å². The van der Waals surface area contributed by atoms with E-state index in [4.69, 9.17) is 0 Å². The summed E-state index contributed by atoms with van der Waals surface area (Å²) < 4.78 is 1.58. The zero-order chi connectivity index (χ0) is 15.5. The summed E-state index contributed by atoms with van der Waals surface area (Å²) in [4.78, 5) is 30.5. The van der Waals surface area contributed by atoms with Crippen molar-refractivity contribution in [1.82, 2.24) is 24.6 Å². The molecule has 1 atom stereocenters. The van der Waals surface area contributed by atoms with Crippen molar-refractivity contribution in [2.24, 2.45) is 5.92 Å². The highest BCUT2D eigenvalue weighted by Gasteiger charge is 2.29. The van der Waals surface area contributed by atoms with Gasteiger partial charge in [-0.05, 0) is 13.3 Å². The van der Waals surface area contributed by atoms with Crippen LogP contribution in [0.15, 0.2) is 16.4 Å². The molecule has 118 valence electrons. The van der Waals surface area contributed by atoms with E-state index in [1.54, 1.807) is 22.1 Å². The molecule has 0 saturated carbocycles. The van der Waals surface area contributed by atoms with Crippen molar-refractivity contribution in [1.29, 1.82) is 0 Å². The molecule has 1 N–H and O–H groups in total. The van der Waals surface area contributed by atoms with E-state index < -0.39 is 0 Å². The molecule has 3 heterocycles. The summed E-state index contributed by atoms with van der Waals surface area (Å²) in [6.07, 6.45) is 3.98. The molecule has 3 rings (SSSR count). The second-order valence-electron chi connectivity index (χ2n) is 5.38. The van der Waals surface area contributed by atoms with Crippen LogP contribution in [0.4, 0.5) is 0 Å². The predicted molar refractivity (Wildman–Crippen MR) is 82.7 cm³/mol. The van der Waals surface area contributed by atoms with Gasteiger partial charge in [0, 0.05) is 44.1 Å². The minimum Gasteiger partial charge on any atom is -0.342 e. The molecule has 0 saturated heterocycles. The fourth-order valence-electron chi connectivity index (χ4n) is 2.84. The summed E-state index contributed by atoms with van der Waals surface area (Å²) in [6, 6.07) is 0. The topological polar surface area (TPSA) is 83.9 Å². The molecule has 7 nitrogen and oxygen atoms in total. The summed E-state index contributed by atoms with van der Waals surface area (Å²) in [6.45, 7) is 3.76. The largest absolute Gasteiger partial charge is 0.343 e. The number of hydrogen-bond acceptors (Lipinski definition) is 5. The Bertz CT molecular complexity index is 690. The fraction of sp³-hybridized carbons (Fsp3) is 0.571. The van der Waals surface area contributed by atoms with E-state index in [1.165, 1.54) is 0 Å². The summed E-state index contributed by atoms with van der Waals surface area (Å²) in [5.74, 6) is 0.733. The smallest absolute Gasteiger partial charge is 0.342 e. The van der Waals surface area contributed by atoms with Crippen molar-refractivity contribution in [3.8, 4) is 0 Å². The Balaban J connectivity index is 1.64. The van der Waals surface area contributed by atoms with E-state index in [0.717, 1.165) is 23.7 Å². The number of likely N-dealkylation sites (N-methyl/N-ethyl adjacent to an activating group) is 1. The number of nitrogens with zero attached hydrogens (tertiary/aromatic N) is 4. The minimum atomic E-state index is -0.224. The number of aromatic amines is 1. The Labute approximate surface area is 132 Å². The quantitative estimate of drug-likeness (QED) is 0.878. The number of carbonyl (C=O) groups excluding carboxylic acids is 1. The van der Waals surface area contributed by atoms with E-state index in [1.807, 2.05) is 17.2 Å². The first-order valence-electron chi connectivity index (χ1n) is 7.50. The molecule has 22 heavy (non-hydrogen) atoms. The zero-order valence-electron chi connectivity index (χ0n) is 12.5. The lowest BCUT2D eigenvalue weighted by Crippen LogP contribution is -2.42. The van der Waals surface area contributed by atoms with E-state index in [0.29, 0.717) is 26.1 Å². The second kappa shape index (κ2) is 6.43. The molecule has 0 radical (unpaired) electrons. The third-order valence-electron chi connectivity index (χ3n) is 4.08. The number of aromatic nitrogens is 4. The maximum atomic E-state index is 12.7. The van der Waals surface area contributed by atoms with Gasteiger partial charge in [-0.25, -0.2) is 14.9 Å². The molecule has 8 heteroatoms. The third-order valence-corrected chi connectivity index (χ3v) is 4.92. The minimum absolute atomic E-state index is 0.123. The van der Waals surface area contributed by atoms with E-state index in [2.05, 4.69) is 15.2 Å². The maximum absolute atomic E-state index is 12.7. The third kappa shape index (κ3) is 2.96. The summed E-state index contributed by atoms with van der Waals surface area (Å²) in [5.41, 5.74) is -0.224. The molecule has 1 aliphatic rings. The predicted octanol–water partition coefficient (Wildman–Crippen LogP) is 0.681. The summed E-state index contributed by atoms with van der Waals surface area (Å²) in [7, 11) is 0. The Morgan fingerprint density at radius 1 is 1.59 bits per heavy atom. The number of nitrogens with one attached hydrogen (secondary N) is 1. The lowest BCUT2D eigenvalue weighted by Gasteiger charge is -2.28.